The van der Waals surface area contributed by atoms with Gasteiger partial charge in [-0.25, -0.2) is 0 Å². The molecule has 0 bridgehead atoms. The van der Waals surface area contributed by atoms with Crippen LogP contribution in [-0.2, 0) is 5.41 Å². The van der Waals surface area contributed by atoms with Crippen LogP contribution in [0.25, 0.3) is 0 Å². The number of anilines is 1. The highest BCUT2D eigenvalue weighted by molar-refractivity contribution is 5.61. The summed E-state index contributed by atoms with van der Waals surface area (Å²) in [5.41, 5.74) is 4.50. The number of nitrogens with zero attached hydrogens (tertiary/aromatic N) is 1. The molecule has 3 rings (SSSR count). The van der Waals surface area contributed by atoms with Crippen molar-refractivity contribution in [2.75, 3.05) is 5.32 Å². The fourth-order valence-corrected chi connectivity index (χ4v) is 3.34. The van der Waals surface area contributed by atoms with Gasteiger partial charge in [0, 0.05) is 11.8 Å². The Morgan fingerprint density at radius 2 is 1.95 bits per heavy atom. The number of hydrogen-bond donors (Lipinski definition) is 1. The smallest absolute Gasteiger partial charge is 0.274 e. The average Bonchev–Trinajstić information content (AvgIpc) is 2.47. The third kappa shape index (κ3) is 2.45. The summed E-state index contributed by atoms with van der Waals surface area (Å²) in [7, 11) is 0. The van der Waals surface area contributed by atoms with Gasteiger partial charge in [-0.1, -0.05) is 49.7 Å². The number of aryl methyl sites for hydroxylation is 1. The summed E-state index contributed by atoms with van der Waals surface area (Å²) in [4.78, 5) is 11.0. The molecular weight excluding hydrogens is 276 g/mol. The maximum absolute atomic E-state index is 11.3. The number of nitrogens with one attached hydrogen (secondary N) is 1. The second-order valence-electron chi connectivity index (χ2n) is 6.65. The zero-order valence-corrected chi connectivity index (χ0v) is 13.1. The van der Waals surface area contributed by atoms with E-state index in [4.69, 9.17) is 0 Å². The van der Waals surface area contributed by atoms with Crippen LogP contribution in [0.5, 0.6) is 0 Å². The van der Waals surface area contributed by atoms with E-state index in [1.807, 2.05) is 12.1 Å². The van der Waals surface area contributed by atoms with Crippen LogP contribution < -0.4 is 5.32 Å². The molecule has 1 unspecified atom stereocenters. The van der Waals surface area contributed by atoms with Gasteiger partial charge < -0.3 is 5.32 Å². The van der Waals surface area contributed by atoms with Crippen LogP contribution in [0.4, 0.5) is 11.4 Å². The first-order valence-electron chi connectivity index (χ1n) is 7.49. The molecule has 1 atom stereocenters. The Morgan fingerprint density at radius 1 is 1.23 bits per heavy atom. The molecule has 1 N–H and O–H groups in total. The minimum absolute atomic E-state index is 0.0268. The summed E-state index contributed by atoms with van der Waals surface area (Å²) in [6.07, 6.45) is 0.828. The molecule has 0 fully saturated rings. The molecule has 0 radical (unpaired) electrons. The topological polar surface area (TPSA) is 55.2 Å². The summed E-state index contributed by atoms with van der Waals surface area (Å²) in [5, 5.41) is 14.8. The van der Waals surface area contributed by atoms with E-state index in [1.54, 1.807) is 12.1 Å². The summed E-state index contributed by atoms with van der Waals surface area (Å²) in [5.74, 6) is 0. The second-order valence-corrected chi connectivity index (χ2v) is 6.65. The fraction of sp³-hybridized carbons (Fsp3) is 0.333. The summed E-state index contributed by atoms with van der Waals surface area (Å²) in [6.45, 7) is 6.49. The molecule has 4 heteroatoms. The second kappa shape index (κ2) is 5.13. The maximum atomic E-state index is 11.3. The molecule has 1 aliphatic heterocycles. The monoisotopic (exact) mass is 296 g/mol. The van der Waals surface area contributed by atoms with E-state index in [-0.39, 0.29) is 22.1 Å². The Kier molecular flexibility index (Phi) is 3.39. The van der Waals surface area contributed by atoms with E-state index in [2.05, 4.69) is 44.3 Å². The molecule has 0 saturated heterocycles. The minimum atomic E-state index is -0.297. The quantitative estimate of drug-likeness (QED) is 0.643. The largest absolute Gasteiger partial charge is 0.378 e. The summed E-state index contributed by atoms with van der Waals surface area (Å²) >= 11 is 0. The number of nitro benzene ring substituents is 1. The van der Waals surface area contributed by atoms with E-state index in [0.717, 1.165) is 17.7 Å². The summed E-state index contributed by atoms with van der Waals surface area (Å²) in [6, 6.07) is 13.3. The summed E-state index contributed by atoms with van der Waals surface area (Å²) < 4.78 is 0. The molecule has 22 heavy (non-hydrogen) atoms. The molecule has 4 nitrogen and oxygen atoms in total. The SMILES string of the molecule is Cc1ccc2c(c1)C(C)(C)CC(c1ccccc1[N+](=O)[O-])N2. The van der Waals surface area contributed by atoms with Crippen LogP contribution in [-0.4, -0.2) is 4.92 Å². The van der Waals surface area contributed by atoms with Crippen LogP contribution in [0.1, 0.15) is 43.0 Å². The molecule has 0 aromatic heterocycles. The Morgan fingerprint density at radius 3 is 2.68 bits per heavy atom. The molecule has 0 spiro atoms. The lowest BCUT2D eigenvalue weighted by molar-refractivity contribution is -0.385. The van der Waals surface area contributed by atoms with Gasteiger partial charge in [-0.05, 0) is 30.4 Å². The van der Waals surface area contributed by atoms with Crippen LogP contribution in [0.3, 0.4) is 0 Å². The zero-order chi connectivity index (χ0) is 15.9. The van der Waals surface area contributed by atoms with Crippen molar-refractivity contribution in [3.63, 3.8) is 0 Å². The Hall–Kier alpha value is -2.36. The van der Waals surface area contributed by atoms with Gasteiger partial charge in [0.2, 0.25) is 0 Å². The third-order valence-electron chi connectivity index (χ3n) is 4.46. The van der Waals surface area contributed by atoms with Gasteiger partial charge in [-0.2, -0.15) is 0 Å². The zero-order valence-electron chi connectivity index (χ0n) is 13.1. The van der Waals surface area contributed by atoms with Crippen LogP contribution in [0.15, 0.2) is 42.5 Å². The van der Waals surface area contributed by atoms with Gasteiger partial charge in [0.15, 0.2) is 0 Å². The lowest BCUT2D eigenvalue weighted by atomic mass is 9.73. The third-order valence-corrected chi connectivity index (χ3v) is 4.46. The van der Waals surface area contributed by atoms with Gasteiger partial charge in [0.1, 0.15) is 0 Å². The van der Waals surface area contributed by atoms with E-state index in [9.17, 15) is 10.1 Å². The van der Waals surface area contributed by atoms with E-state index >= 15 is 0 Å². The molecule has 0 saturated carbocycles. The van der Waals surface area contributed by atoms with Crippen molar-refractivity contribution in [3.05, 3.63) is 69.3 Å². The number of hydrogen-bond acceptors (Lipinski definition) is 3. The van der Waals surface area contributed by atoms with Gasteiger partial charge in [-0.15, -0.1) is 0 Å². The van der Waals surface area contributed by atoms with Gasteiger partial charge in [0.25, 0.3) is 5.69 Å². The van der Waals surface area contributed by atoms with E-state index in [0.29, 0.717) is 0 Å². The van der Waals surface area contributed by atoms with Crippen molar-refractivity contribution in [1.82, 2.24) is 0 Å². The standard InChI is InChI=1S/C18H20N2O2/c1-12-8-9-15-14(10-12)18(2,3)11-16(19-15)13-6-4-5-7-17(13)20(21)22/h4-10,16,19H,11H2,1-3H3. The van der Waals surface area contributed by atoms with Crippen LogP contribution in [0, 0.1) is 17.0 Å². The van der Waals surface area contributed by atoms with Crippen LogP contribution >= 0.6 is 0 Å². The first kappa shape index (κ1) is 14.6. The Bertz CT molecular complexity index is 738. The molecule has 2 aromatic carbocycles. The van der Waals surface area contributed by atoms with E-state index < -0.39 is 0 Å². The molecule has 1 aliphatic rings. The Balaban J connectivity index is 2.06. The van der Waals surface area contributed by atoms with Gasteiger partial charge in [-0.3, -0.25) is 10.1 Å². The van der Waals surface area contributed by atoms with Crippen molar-refractivity contribution in [3.8, 4) is 0 Å². The van der Waals surface area contributed by atoms with Crippen molar-refractivity contribution >= 4 is 11.4 Å². The highest BCUT2D eigenvalue weighted by atomic mass is 16.6. The molecular formula is C18H20N2O2. The van der Waals surface area contributed by atoms with Gasteiger partial charge >= 0.3 is 0 Å². The lowest BCUT2D eigenvalue weighted by Gasteiger charge is -2.39. The number of benzene rings is 2. The molecule has 1 heterocycles. The van der Waals surface area contributed by atoms with Crippen molar-refractivity contribution in [2.45, 2.75) is 38.6 Å². The minimum Gasteiger partial charge on any atom is -0.378 e. The molecule has 2 aromatic rings. The average molecular weight is 296 g/mol. The predicted octanol–water partition coefficient (Wildman–Crippen LogP) is 4.74. The Labute approximate surface area is 130 Å². The number of nitro groups is 1. The maximum Gasteiger partial charge on any atom is 0.274 e. The number of fused-ring (bicyclic) bond motifs is 1. The van der Waals surface area contributed by atoms with Crippen LogP contribution in [0.2, 0.25) is 0 Å². The lowest BCUT2D eigenvalue weighted by Crippen LogP contribution is -2.31. The predicted molar refractivity (Wildman–Crippen MR) is 88.3 cm³/mol. The van der Waals surface area contributed by atoms with Crippen molar-refractivity contribution < 1.29 is 4.92 Å². The molecule has 0 aliphatic carbocycles. The number of rotatable bonds is 2. The highest BCUT2D eigenvalue weighted by Crippen LogP contribution is 2.45. The first-order valence-corrected chi connectivity index (χ1v) is 7.49. The van der Waals surface area contributed by atoms with Gasteiger partial charge in [0.05, 0.1) is 16.5 Å². The fourth-order valence-electron chi connectivity index (χ4n) is 3.34. The van der Waals surface area contributed by atoms with Crippen molar-refractivity contribution in [2.24, 2.45) is 0 Å². The molecule has 114 valence electrons. The normalized spacial score (nSPS) is 19.1. The molecule has 0 amide bonds. The van der Waals surface area contributed by atoms with E-state index in [1.165, 1.54) is 11.1 Å². The first-order chi connectivity index (χ1) is 10.4. The van der Waals surface area contributed by atoms with Crippen molar-refractivity contribution in [1.29, 1.82) is 0 Å². The number of para-hydroxylation sites is 1. The highest BCUT2D eigenvalue weighted by Gasteiger charge is 2.35.